The number of amides is 1. The number of nitrogens with zero attached hydrogens (tertiary/aromatic N) is 3. The van der Waals surface area contributed by atoms with E-state index >= 15 is 0 Å². The van der Waals surface area contributed by atoms with Crippen LogP contribution >= 0.6 is 0 Å². The summed E-state index contributed by atoms with van der Waals surface area (Å²) in [6.45, 7) is 3.31. The Balaban J connectivity index is 1.39. The third-order valence-electron chi connectivity index (χ3n) is 6.31. The molecule has 0 bridgehead atoms. The fourth-order valence-corrected chi connectivity index (χ4v) is 6.40. The molecule has 1 unspecified atom stereocenters. The lowest BCUT2D eigenvalue weighted by Crippen LogP contribution is -2.39. The van der Waals surface area contributed by atoms with Gasteiger partial charge >= 0.3 is 0 Å². The molecule has 3 fully saturated rings. The van der Waals surface area contributed by atoms with Gasteiger partial charge in [-0.2, -0.15) is 5.10 Å². The number of rotatable bonds is 7. The molecule has 28 heavy (non-hydrogen) atoms. The number of carbonyl (C=O) groups excluding carboxylic acids is 1. The molecule has 0 radical (unpaired) electrons. The van der Waals surface area contributed by atoms with Gasteiger partial charge in [-0.05, 0) is 44.9 Å². The molecule has 2 heterocycles. The van der Waals surface area contributed by atoms with Crippen molar-refractivity contribution in [1.29, 1.82) is 0 Å². The SMILES string of the molecule is Cc1cc(NC(=O)CN(CC2CCCCC2)C2CC2)n(C2CCS(=O)(=O)C2)n1. The van der Waals surface area contributed by atoms with E-state index in [-0.39, 0.29) is 23.5 Å². The van der Waals surface area contributed by atoms with E-state index in [0.29, 0.717) is 24.8 Å². The molecule has 0 aromatic carbocycles. The van der Waals surface area contributed by atoms with Crippen molar-refractivity contribution >= 4 is 21.6 Å². The lowest BCUT2D eigenvalue weighted by atomic mass is 9.89. The van der Waals surface area contributed by atoms with Crippen LogP contribution in [0.2, 0.25) is 0 Å². The summed E-state index contributed by atoms with van der Waals surface area (Å²) in [6.07, 6.45) is 9.49. The zero-order valence-corrected chi connectivity index (χ0v) is 17.6. The highest BCUT2D eigenvalue weighted by molar-refractivity contribution is 7.91. The second-order valence-electron chi connectivity index (χ2n) is 8.89. The average molecular weight is 409 g/mol. The fraction of sp³-hybridized carbons (Fsp3) is 0.800. The van der Waals surface area contributed by atoms with E-state index in [0.717, 1.165) is 18.2 Å². The van der Waals surface area contributed by atoms with Crippen LogP contribution in [0, 0.1) is 12.8 Å². The molecule has 7 nitrogen and oxygen atoms in total. The molecule has 1 amide bonds. The van der Waals surface area contributed by atoms with Crippen LogP contribution in [0.15, 0.2) is 6.07 Å². The molecule has 4 rings (SSSR count). The minimum absolute atomic E-state index is 0.0234. The highest BCUT2D eigenvalue weighted by Crippen LogP contribution is 2.31. The predicted molar refractivity (Wildman–Crippen MR) is 109 cm³/mol. The van der Waals surface area contributed by atoms with Crippen LogP contribution < -0.4 is 5.32 Å². The van der Waals surface area contributed by atoms with Gasteiger partial charge in [0.1, 0.15) is 5.82 Å². The Hall–Kier alpha value is -1.41. The maximum Gasteiger partial charge on any atom is 0.239 e. The molecule has 1 N–H and O–H groups in total. The monoisotopic (exact) mass is 408 g/mol. The van der Waals surface area contributed by atoms with Crippen LogP contribution in [0.5, 0.6) is 0 Å². The van der Waals surface area contributed by atoms with Crippen LogP contribution in [0.25, 0.3) is 0 Å². The largest absolute Gasteiger partial charge is 0.310 e. The van der Waals surface area contributed by atoms with E-state index in [4.69, 9.17) is 0 Å². The van der Waals surface area contributed by atoms with Crippen LogP contribution in [0.4, 0.5) is 5.82 Å². The normalized spacial score (nSPS) is 25.3. The molecule has 1 aromatic heterocycles. The average Bonchev–Trinajstić information content (AvgIpc) is 3.34. The van der Waals surface area contributed by atoms with Crippen molar-refractivity contribution in [3.63, 3.8) is 0 Å². The summed E-state index contributed by atoms with van der Waals surface area (Å²) in [5, 5.41) is 7.47. The Kier molecular flexibility index (Phi) is 5.78. The van der Waals surface area contributed by atoms with Gasteiger partial charge < -0.3 is 5.32 Å². The first-order valence-corrected chi connectivity index (χ1v) is 12.5. The topological polar surface area (TPSA) is 84.3 Å². The Morgan fingerprint density at radius 2 is 1.96 bits per heavy atom. The molecule has 2 saturated carbocycles. The van der Waals surface area contributed by atoms with E-state index in [1.807, 2.05) is 13.0 Å². The summed E-state index contributed by atoms with van der Waals surface area (Å²) in [5.74, 6) is 1.62. The third-order valence-corrected chi connectivity index (χ3v) is 8.06. The van der Waals surface area contributed by atoms with Gasteiger partial charge in [-0.15, -0.1) is 0 Å². The first-order valence-electron chi connectivity index (χ1n) is 10.7. The van der Waals surface area contributed by atoms with Crippen LogP contribution in [-0.2, 0) is 14.6 Å². The van der Waals surface area contributed by atoms with Gasteiger partial charge in [0.05, 0.1) is 29.8 Å². The molecular weight excluding hydrogens is 376 g/mol. The number of nitrogens with one attached hydrogen (secondary N) is 1. The van der Waals surface area contributed by atoms with E-state index in [9.17, 15) is 13.2 Å². The number of hydrogen-bond donors (Lipinski definition) is 1. The molecule has 0 spiro atoms. The maximum atomic E-state index is 12.8. The van der Waals surface area contributed by atoms with E-state index < -0.39 is 9.84 Å². The third kappa shape index (κ3) is 4.95. The second-order valence-corrected chi connectivity index (χ2v) is 11.1. The van der Waals surface area contributed by atoms with Crippen LogP contribution in [-0.4, -0.2) is 59.6 Å². The number of sulfone groups is 1. The van der Waals surface area contributed by atoms with Crippen molar-refractivity contribution in [1.82, 2.24) is 14.7 Å². The molecule has 1 atom stereocenters. The number of aryl methyl sites for hydroxylation is 1. The van der Waals surface area contributed by atoms with E-state index in [1.165, 1.54) is 44.9 Å². The summed E-state index contributed by atoms with van der Waals surface area (Å²) in [5.41, 5.74) is 0.792. The number of hydrogen-bond acceptors (Lipinski definition) is 5. The van der Waals surface area contributed by atoms with E-state index in [1.54, 1.807) is 4.68 Å². The second kappa shape index (κ2) is 8.14. The summed E-state index contributed by atoms with van der Waals surface area (Å²) < 4.78 is 25.4. The number of anilines is 1. The van der Waals surface area contributed by atoms with Crippen LogP contribution in [0.3, 0.4) is 0 Å². The first-order chi connectivity index (χ1) is 13.4. The van der Waals surface area contributed by atoms with Gasteiger partial charge in [-0.25, -0.2) is 13.1 Å². The van der Waals surface area contributed by atoms with Gasteiger partial charge in [-0.1, -0.05) is 19.3 Å². The molecule has 3 aliphatic rings. The van der Waals surface area contributed by atoms with Crippen LogP contribution in [0.1, 0.15) is 63.1 Å². The van der Waals surface area contributed by atoms with Gasteiger partial charge in [0.2, 0.25) is 5.91 Å². The Morgan fingerprint density at radius 1 is 1.21 bits per heavy atom. The zero-order valence-electron chi connectivity index (χ0n) is 16.8. The molecule has 1 aliphatic heterocycles. The summed E-state index contributed by atoms with van der Waals surface area (Å²) in [7, 11) is -3.00. The quantitative estimate of drug-likeness (QED) is 0.749. The standard InChI is InChI=1S/C20H32N4O3S/c1-15-11-19(24(22-15)18-9-10-28(26,27)14-18)21-20(25)13-23(17-7-8-17)12-16-5-3-2-4-6-16/h11,16-18H,2-10,12-14H2,1H3,(H,21,25). The van der Waals surface area contributed by atoms with Crippen molar-refractivity contribution in [3.8, 4) is 0 Å². The highest BCUT2D eigenvalue weighted by atomic mass is 32.2. The smallest absolute Gasteiger partial charge is 0.239 e. The Labute approximate surface area is 167 Å². The molecule has 1 aromatic rings. The highest BCUT2D eigenvalue weighted by Gasteiger charge is 2.33. The summed E-state index contributed by atoms with van der Waals surface area (Å²) in [4.78, 5) is 15.1. The van der Waals surface area contributed by atoms with Gasteiger partial charge in [0.25, 0.3) is 0 Å². The van der Waals surface area contributed by atoms with Crippen molar-refractivity contribution in [2.45, 2.75) is 70.4 Å². The first kappa shape index (κ1) is 19.9. The number of carbonyl (C=O) groups is 1. The van der Waals surface area contributed by atoms with E-state index in [2.05, 4.69) is 15.3 Å². The molecule has 1 saturated heterocycles. The van der Waals surface area contributed by atoms with Gasteiger partial charge in [0.15, 0.2) is 9.84 Å². The maximum absolute atomic E-state index is 12.8. The Bertz CT molecular complexity index is 809. The molecule has 156 valence electrons. The number of aromatic nitrogens is 2. The van der Waals surface area contributed by atoms with Gasteiger partial charge in [0, 0.05) is 18.7 Å². The van der Waals surface area contributed by atoms with Crippen molar-refractivity contribution in [3.05, 3.63) is 11.8 Å². The van der Waals surface area contributed by atoms with Crippen molar-refractivity contribution in [2.75, 3.05) is 29.9 Å². The zero-order chi connectivity index (χ0) is 19.7. The lowest BCUT2D eigenvalue weighted by molar-refractivity contribution is -0.117. The minimum Gasteiger partial charge on any atom is -0.310 e. The van der Waals surface area contributed by atoms with Crippen molar-refractivity contribution in [2.24, 2.45) is 5.92 Å². The summed E-state index contributed by atoms with van der Waals surface area (Å²) >= 11 is 0. The lowest BCUT2D eigenvalue weighted by Gasteiger charge is -2.29. The molecule has 2 aliphatic carbocycles. The minimum atomic E-state index is -3.00. The molecule has 8 heteroatoms. The van der Waals surface area contributed by atoms with Crippen molar-refractivity contribution < 1.29 is 13.2 Å². The Morgan fingerprint density at radius 3 is 2.61 bits per heavy atom. The molecular formula is C20H32N4O3S. The fourth-order valence-electron chi connectivity index (χ4n) is 4.71. The summed E-state index contributed by atoms with van der Waals surface area (Å²) in [6, 6.07) is 2.21. The predicted octanol–water partition coefficient (Wildman–Crippen LogP) is 2.53. The van der Waals surface area contributed by atoms with Gasteiger partial charge in [-0.3, -0.25) is 9.69 Å².